The molecule has 21 heavy (non-hydrogen) atoms. The molecular weight excluding hydrogens is 260 g/mol. The summed E-state index contributed by atoms with van der Waals surface area (Å²) in [6.07, 6.45) is 1.83. The molecule has 0 bridgehead atoms. The molecule has 104 valence electrons. The second kappa shape index (κ2) is 5.19. The smallest absolute Gasteiger partial charge is 0.142 e. The summed E-state index contributed by atoms with van der Waals surface area (Å²) in [6.45, 7) is 2.32. The zero-order chi connectivity index (χ0) is 14.1. The third-order valence-electron chi connectivity index (χ3n) is 3.86. The lowest BCUT2D eigenvalue weighted by Gasteiger charge is -2.29. The highest BCUT2D eigenvalue weighted by atomic mass is 16.5. The highest BCUT2D eigenvalue weighted by Gasteiger charge is 2.19. The van der Waals surface area contributed by atoms with Crippen LogP contribution in [0.15, 0.2) is 60.8 Å². The van der Waals surface area contributed by atoms with E-state index in [0.717, 1.165) is 24.5 Å². The average molecular weight is 276 g/mol. The zero-order valence-corrected chi connectivity index (χ0v) is 11.7. The Morgan fingerprint density at radius 3 is 2.81 bits per heavy atom. The number of ether oxygens (including phenoxy) is 1. The Labute approximate surface area is 123 Å². The number of hydrogen-bond donors (Lipinski definition) is 0. The Balaban J connectivity index is 1.62. The molecule has 1 aliphatic heterocycles. The maximum atomic E-state index is 6.02. The molecule has 0 unspecified atom stereocenters. The lowest BCUT2D eigenvalue weighted by atomic mass is 10.0. The van der Waals surface area contributed by atoms with Crippen LogP contribution < -0.4 is 4.74 Å². The highest BCUT2D eigenvalue weighted by molar-refractivity contribution is 5.89. The van der Waals surface area contributed by atoms with Crippen LogP contribution in [0.4, 0.5) is 0 Å². The van der Waals surface area contributed by atoms with Crippen molar-refractivity contribution >= 4 is 10.8 Å². The standard InChI is InChI=1S/C18H16N2O/c1-2-7-17-14(5-1)8-9-15-11-20(13-21-18(15)17)12-16-6-3-4-10-19-16/h1-10H,11-13H2. The number of benzene rings is 2. The van der Waals surface area contributed by atoms with Gasteiger partial charge in [0.2, 0.25) is 0 Å². The second-order valence-electron chi connectivity index (χ2n) is 5.36. The molecule has 0 N–H and O–H groups in total. The molecule has 0 spiro atoms. The lowest BCUT2D eigenvalue weighted by molar-refractivity contribution is 0.0892. The van der Waals surface area contributed by atoms with Gasteiger partial charge in [-0.05, 0) is 17.5 Å². The summed E-state index contributed by atoms with van der Waals surface area (Å²) in [5.74, 6) is 1.03. The van der Waals surface area contributed by atoms with E-state index in [2.05, 4.69) is 52.3 Å². The predicted molar refractivity (Wildman–Crippen MR) is 82.9 cm³/mol. The van der Waals surface area contributed by atoms with Gasteiger partial charge in [-0.15, -0.1) is 0 Å². The van der Waals surface area contributed by atoms with Crippen molar-refractivity contribution in [2.75, 3.05) is 6.73 Å². The van der Waals surface area contributed by atoms with Crippen LogP contribution in [0, 0.1) is 0 Å². The van der Waals surface area contributed by atoms with Gasteiger partial charge in [0, 0.05) is 30.2 Å². The third kappa shape index (κ3) is 2.36. The van der Waals surface area contributed by atoms with Gasteiger partial charge in [0.1, 0.15) is 12.5 Å². The van der Waals surface area contributed by atoms with Gasteiger partial charge >= 0.3 is 0 Å². The maximum Gasteiger partial charge on any atom is 0.142 e. The first-order chi connectivity index (χ1) is 10.4. The van der Waals surface area contributed by atoms with Crippen LogP contribution in [0.2, 0.25) is 0 Å². The first-order valence-electron chi connectivity index (χ1n) is 7.16. The Morgan fingerprint density at radius 2 is 1.90 bits per heavy atom. The van der Waals surface area contributed by atoms with Crippen molar-refractivity contribution in [3.63, 3.8) is 0 Å². The topological polar surface area (TPSA) is 25.4 Å². The summed E-state index contributed by atoms with van der Waals surface area (Å²) < 4.78 is 6.02. The molecule has 0 fully saturated rings. The van der Waals surface area contributed by atoms with Crippen LogP contribution in [0.25, 0.3) is 10.8 Å². The van der Waals surface area contributed by atoms with Gasteiger partial charge in [-0.2, -0.15) is 0 Å². The fourth-order valence-electron chi connectivity index (χ4n) is 2.85. The van der Waals surface area contributed by atoms with E-state index in [1.54, 1.807) is 0 Å². The van der Waals surface area contributed by atoms with Crippen LogP contribution in [0.3, 0.4) is 0 Å². The number of aromatic nitrogens is 1. The number of pyridine rings is 1. The van der Waals surface area contributed by atoms with Crippen molar-refractivity contribution in [3.8, 4) is 5.75 Å². The fraction of sp³-hybridized carbons (Fsp3) is 0.167. The molecule has 0 atom stereocenters. The molecule has 3 heteroatoms. The van der Waals surface area contributed by atoms with E-state index in [1.165, 1.54) is 16.3 Å². The minimum atomic E-state index is 0.609. The van der Waals surface area contributed by atoms with Gasteiger partial charge in [-0.3, -0.25) is 9.88 Å². The van der Waals surface area contributed by atoms with E-state index < -0.39 is 0 Å². The van der Waals surface area contributed by atoms with Crippen LogP contribution in [0.5, 0.6) is 5.75 Å². The van der Waals surface area contributed by atoms with E-state index in [0.29, 0.717) is 6.73 Å². The van der Waals surface area contributed by atoms with Crippen LogP contribution >= 0.6 is 0 Å². The minimum absolute atomic E-state index is 0.609. The Kier molecular flexibility index (Phi) is 3.05. The van der Waals surface area contributed by atoms with Crippen molar-refractivity contribution in [1.82, 2.24) is 9.88 Å². The Morgan fingerprint density at radius 1 is 1.00 bits per heavy atom. The summed E-state index contributed by atoms with van der Waals surface area (Å²) in [5.41, 5.74) is 2.32. The van der Waals surface area contributed by atoms with E-state index in [9.17, 15) is 0 Å². The molecule has 3 aromatic rings. The molecule has 4 rings (SSSR count). The Hall–Kier alpha value is -2.39. The third-order valence-corrected chi connectivity index (χ3v) is 3.86. The Bertz CT molecular complexity index is 771. The van der Waals surface area contributed by atoms with Crippen molar-refractivity contribution in [2.24, 2.45) is 0 Å². The van der Waals surface area contributed by atoms with E-state index in [4.69, 9.17) is 4.74 Å². The summed E-state index contributed by atoms with van der Waals surface area (Å²) in [6, 6.07) is 18.7. The molecule has 2 heterocycles. The highest BCUT2D eigenvalue weighted by Crippen LogP contribution is 2.33. The van der Waals surface area contributed by atoms with Crippen molar-refractivity contribution < 1.29 is 4.74 Å². The molecule has 0 aliphatic carbocycles. The summed E-state index contributed by atoms with van der Waals surface area (Å²) in [7, 11) is 0. The van der Waals surface area contributed by atoms with Crippen LogP contribution in [-0.2, 0) is 13.1 Å². The van der Waals surface area contributed by atoms with Gasteiger partial charge < -0.3 is 4.74 Å². The van der Waals surface area contributed by atoms with Gasteiger partial charge in [0.25, 0.3) is 0 Å². The molecular formula is C18H16N2O. The van der Waals surface area contributed by atoms with Gasteiger partial charge in [-0.25, -0.2) is 0 Å². The second-order valence-corrected chi connectivity index (χ2v) is 5.36. The normalized spacial score (nSPS) is 14.7. The van der Waals surface area contributed by atoms with Gasteiger partial charge in [0.15, 0.2) is 0 Å². The largest absolute Gasteiger partial charge is 0.477 e. The molecule has 2 aromatic carbocycles. The van der Waals surface area contributed by atoms with Crippen molar-refractivity contribution in [3.05, 3.63) is 72.1 Å². The summed E-state index contributed by atoms with van der Waals surface area (Å²) >= 11 is 0. The molecule has 0 amide bonds. The number of nitrogens with zero attached hydrogens (tertiary/aromatic N) is 2. The maximum absolute atomic E-state index is 6.02. The molecule has 0 saturated carbocycles. The minimum Gasteiger partial charge on any atom is -0.477 e. The first-order valence-corrected chi connectivity index (χ1v) is 7.16. The lowest BCUT2D eigenvalue weighted by Crippen LogP contribution is -2.31. The van der Waals surface area contributed by atoms with Crippen LogP contribution in [-0.4, -0.2) is 16.6 Å². The van der Waals surface area contributed by atoms with Gasteiger partial charge in [-0.1, -0.05) is 42.5 Å². The van der Waals surface area contributed by atoms with Crippen LogP contribution in [0.1, 0.15) is 11.3 Å². The molecule has 1 aromatic heterocycles. The van der Waals surface area contributed by atoms with E-state index in [-0.39, 0.29) is 0 Å². The summed E-state index contributed by atoms with van der Waals surface area (Å²) in [5, 5.41) is 2.43. The quantitative estimate of drug-likeness (QED) is 0.715. The summed E-state index contributed by atoms with van der Waals surface area (Å²) in [4.78, 5) is 6.64. The number of rotatable bonds is 2. The van der Waals surface area contributed by atoms with Gasteiger partial charge in [0.05, 0.1) is 5.69 Å². The molecule has 1 aliphatic rings. The average Bonchev–Trinajstić information content (AvgIpc) is 2.55. The zero-order valence-electron chi connectivity index (χ0n) is 11.7. The molecule has 0 radical (unpaired) electrons. The fourth-order valence-corrected chi connectivity index (χ4v) is 2.85. The first kappa shape index (κ1) is 12.4. The molecule has 3 nitrogen and oxygen atoms in total. The SMILES string of the molecule is c1ccc(CN2COc3c(ccc4ccccc34)C2)nc1. The monoisotopic (exact) mass is 276 g/mol. The van der Waals surface area contributed by atoms with E-state index in [1.807, 2.05) is 18.3 Å². The van der Waals surface area contributed by atoms with Crippen molar-refractivity contribution in [2.45, 2.75) is 13.1 Å². The number of fused-ring (bicyclic) bond motifs is 3. The predicted octanol–water partition coefficient (Wildman–Crippen LogP) is 3.59. The van der Waals surface area contributed by atoms with Crippen molar-refractivity contribution in [1.29, 1.82) is 0 Å². The molecule has 0 saturated heterocycles. The van der Waals surface area contributed by atoms with E-state index >= 15 is 0 Å². The number of hydrogen-bond acceptors (Lipinski definition) is 3.